The number of ketones is 1. The summed E-state index contributed by atoms with van der Waals surface area (Å²) in [5, 5.41) is 0.773. The molecule has 3 aliphatic rings. The zero-order valence-corrected chi connectivity index (χ0v) is 20.7. The minimum Gasteiger partial charge on any atom is -0.497 e. The molecule has 0 saturated carbocycles. The van der Waals surface area contributed by atoms with Crippen molar-refractivity contribution in [2.24, 2.45) is 0 Å². The summed E-state index contributed by atoms with van der Waals surface area (Å²) in [6.07, 6.45) is 1.56. The highest BCUT2D eigenvalue weighted by molar-refractivity contribution is 6.15. The number of benzene rings is 3. The maximum atomic E-state index is 13.3. The fourth-order valence-corrected chi connectivity index (χ4v) is 5.26. The van der Waals surface area contributed by atoms with E-state index in [1.54, 1.807) is 55.7 Å². The molecule has 3 aliphatic heterocycles. The molecule has 0 saturated heterocycles. The number of esters is 1. The molecule has 0 radical (unpaired) electrons. The fourth-order valence-electron chi connectivity index (χ4n) is 5.26. The van der Waals surface area contributed by atoms with Crippen LogP contribution in [-0.4, -0.2) is 37.1 Å². The first-order chi connectivity index (χ1) is 19.0. The van der Waals surface area contributed by atoms with Crippen molar-refractivity contribution in [3.05, 3.63) is 93.0 Å². The molecule has 1 N–H and O–H groups in total. The first kappa shape index (κ1) is 23.1. The van der Waals surface area contributed by atoms with Gasteiger partial charge in [-0.2, -0.15) is 0 Å². The van der Waals surface area contributed by atoms with Gasteiger partial charge in [-0.05, 0) is 59.5 Å². The van der Waals surface area contributed by atoms with Crippen molar-refractivity contribution in [2.75, 3.05) is 20.3 Å². The summed E-state index contributed by atoms with van der Waals surface area (Å²) < 4.78 is 28.1. The van der Waals surface area contributed by atoms with Gasteiger partial charge in [0.25, 0.3) is 5.56 Å². The van der Waals surface area contributed by atoms with E-state index in [-0.39, 0.29) is 35.0 Å². The van der Waals surface area contributed by atoms with Gasteiger partial charge in [0.05, 0.1) is 24.6 Å². The summed E-state index contributed by atoms with van der Waals surface area (Å²) in [6, 6.07) is 15.6. The van der Waals surface area contributed by atoms with Gasteiger partial charge in [0.15, 0.2) is 17.3 Å². The second-order valence-electron chi connectivity index (χ2n) is 9.43. The fraction of sp³-hybridized carbons (Fsp3) is 0.167. The lowest BCUT2D eigenvalue weighted by atomic mass is 9.85. The predicted molar refractivity (Wildman–Crippen MR) is 140 cm³/mol. The Balaban J connectivity index is 1.32. The highest BCUT2D eigenvalue weighted by Gasteiger charge is 2.39. The minimum absolute atomic E-state index is 0.0764. The Bertz CT molecular complexity index is 1800. The molecule has 4 heterocycles. The number of hydrogen-bond donors (Lipinski definition) is 1. The van der Waals surface area contributed by atoms with Crippen LogP contribution < -0.4 is 29.2 Å². The van der Waals surface area contributed by atoms with Crippen molar-refractivity contribution in [3.8, 4) is 28.7 Å². The number of pyridine rings is 1. The van der Waals surface area contributed by atoms with Crippen LogP contribution in [0.4, 0.5) is 0 Å². The van der Waals surface area contributed by atoms with Gasteiger partial charge in [0.1, 0.15) is 30.5 Å². The van der Waals surface area contributed by atoms with Gasteiger partial charge in [-0.3, -0.25) is 14.4 Å². The Morgan fingerprint density at radius 3 is 2.56 bits per heavy atom. The van der Waals surface area contributed by atoms with Crippen molar-refractivity contribution in [1.29, 1.82) is 0 Å². The molecule has 1 atom stereocenters. The minimum atomic E-state index is -0.673. The highest BCUT2D eigenvalue weighted by atomic mass is 16.6. The third-order valence-corrected chi connectivity index (χ3v) is 7.10. The molecular formula is C30H21NO8. The quantitative estimate of drug-likeness (QED) is 0.239. The van der Waals surface area contributed by atoms with Crippen LogP contribution in [0.5, 0.6) is 28.7 Å². The van der Waals surface area contributed by atoms with Crippen LogP contribution in [0.25, 0.3) is 17.0 Å². The van der Waals surface area contributed by atoms with Crippen molar-refractivity contribution in [1.82, 2.24) is 4.98 Å². The van der Waals surface area contributed by atoms with E-state index in [9.17, 15) is 14.4 Å². The van der Waals surface area contributed by atoms with Crippen LogP contribution in [-0.2, 0) is 4.79 Å². The molecule has 7 rings (SSSR count). The summed E-state index contributed by atoms with van der Waals surface area (Å²) in [6.45, 7) is 0.928. The van der Waals surface area contributed by atoms with Gasteiger partial charge < -0.3 is 28.7 Å². The summed E-state index contributed by atoms with van der Waals surface area (Å²) >= 11 is 0. The third kappa shape index (κ3) is 3.82. The standard InChI is InChI=1S/C30H21NO8/c1-35-17-4-3-16-12-20(30(34)31-21(16)13-17)19-14-26(32)38-23-7-5-18-28(33)25(39-29(18)27(19)23)11-15-2-6-22-24(10-15)37-9-8-36-22/h2-7,10-13,19H,8-9,14H2,1H3,(H,31,34). The Kier molecular flexibility index (Phi) is 5.19. The average molecular weight is 523 g/mol. The van der Waals surface area contributed by atoms with Crippen LogP contribution in [0.15, 0.2) is 65.2 Å². The van der Waals surface area contributed by atoms with E-state index < -0.39 is 11.9 Å². The summed E-state index contributed by atoms with van der Waals surface area (Å²) in [5.41, 5.74) is 2.16. The number of aromatic amines is 1. The van der Waals surface area contributed by atoms with E-state index in [0.717, 1.165) is 5.39 Å². The number of carbonyl (C=O) groups excluding carboxylic acids is 2. The maximum Gasteiger partial charge on any atom is 0.312 e. The van der Waals surface area contributed by atoms with Gasteiger partial charge in [-0.25, -0.2) is 0 Å². The largest absolute Gasteiger partial charge is 0.497 e. The van der Waals surface area contributed by atoms with E-state index in [4.69, 9.17) is 23.7 Å². The second-order valence-corrected chi connectivity index (χ2v) is 9.43. The average Bonchev–Trinajstić information content (AvgIpc) is 3.26. The zero-order chi connectivity index (χ0) is 26.7. The van der Waals surface area contributed by atoms with Crippen LogP contribution in [0, 0.1) is 0 Å². The van der Waals surface area contributed by atoms with E-state index in [1.807, 2.05) is 12.1 Å². The molecule has 0 bridgehead atoms. The molecule has 0 amide bonds. The van der Waals surface area contributed by atoms with Gasteiger partial charge >= 0.3 is 5.97 Å². The molecule has 3 aromatic carbocycles. The molecule has 0 aliphatic carbocycles. The number of hydrogen-bond acceptors (Lipinski definition) is 8. The van der Waals surface area contributed by atoms with Crippen molar-refractivity contribution in [2.45, 2.75) is 12.3 Å². The number of nitrogens with one attached hydrogen (secondary N) is 1. The summed E-state index contributed by atoms with van der Waals surface area (Å²) in [7, 11) is 1.55. The van der Waals surface area contributed by atoms with Gasteiger partial charge in [-0.1, -0.05) is 6.07 Å². The third-order valence-electron chi connectivity index (χ3n) is 7.10. The SMILES string of the molecule is COc1ccc2cc(C3CC(=O)Oc4ccc5c(c43)OC(=Cc3ccc4c(c3)OCCO4)C5=O)c(=O)[nH]c2c1. The maximum absolute atomic E-state index is 13.3. The summed E-state index contributed by atoms with van der Waals surface area (Å²) in [5.74, 6) is 1.05. The number of carbonyl (C=O) groups is 2. The van der Waals surface area contributed by atoms with E-state index >= 15 is 0 Å². The number of methoxy groups -OCH3 is 1. The smallest absolute Gasteiger partial charge is 0.312 e. The van der Waals surface area contributed by atoms with Gasteiger partial charge in [0.2, 0.25) is 5.78 Å². The number of allylic oxidation sites excluding steroid dienone is 1. The molecule has 194 valence electrons. The monoisotopic (exact) mass is 523 g/mol. The van der Waals surface area contributed by atoms with Gasteiger partial charge in [-0.15, -0.1) is 0 Å². The second kappa shape index (κ2) is 8.76. The first-order valence-electron chi connectivity index (χ1n) is 12.4. The van der Waals surface area contributed by atoms with Crippen molar-refractivity contribution < 1.29 is 33.3 Å². The highest BCUT2D eigenvalue weighted by Crippen LogP contribution is 2.48. The van der Waals surface area contributed by atoms with Gasteiger partial charge in [0, 0.05) is 23.1 Å². The lowest BCUT2D eigenvalue weighted by Crippen LogP contribution is -2.26. The summed E-state index contributed by atoms with van der Waals surface area (Å²) in [4.78, 5) is 42.0. The number of Topliss-reactive ketones (excluding diaryl/α,β-unsaturated/α-hetero) is 1. The lowest BCUT2D eigenvalue weighted by molar-refractivity contribution is -0.135. The topological polar surface area (TPSA) is 113 Å². The van der Waals surface area contributed by atoms with Crippen LogP contribution in [0.3, 0.4) is 0 Å². The molecule has 39 heavy (non-hydrogen) atoms. The predicted octanol–water partition coefficient (Wildman–Crippen LogP) is 4.37. The molecule has 0 spiro atoms. The first-order valence-corrected chi connectivity index (χ1v) is 12.4. The normalized spacial score (nSPS) is 18.4. The number of aromatic nitrogens is 1. The Labute approximate surface area is 221 Å². The number of fused-ring (bicyclic) bond motifs is 5. The lowest BCUT2D eigenvalue weighted by Gasteiger charge is -2.26. The number of ether oxygens (including phenoxy) is 5. The Morgan fingerprint density at radius 2 is 1.72 bits per heavy atom. The van der Waals surface area contributed by atoms with Crippen LogP contribution in [0.1, 0.15) is 39.4 Å². The van der Waals surface area contributed by atoms with Crippen molar-refractivity contribution in [3.63, 3.8) is 0 Å². The van der Waals surface area contributed by atoms with Crippen LogP contribution >= 0.6 is 0 Å². The molecule has 4 aromatic rings. The molecule has 9 nitrogen and oxygen atoms in total. The molecule has 9 heteroatoms. The Morgan fingerprint density at radius 1 is 0.897 bits per heavy atom. The van der Waals surface area contributed by atoms with Crippen LogP contribution in [0.2, 0.25) is 0 Å². The molecule has 1 unspecified atom stereocenters. The molecule has 0 fully saturated rings. The number of rotatable bonds is 3. The zero-order valence-electron chi connectivity index (χ0n) is 20.7. The number of H-pyrrole nitrogens is 1. The Hall–Kier alpha value is -5.05. The van der Waals surface area contributed by atoms with Crippen molar-refractivity contribution >= 4 is 28.7 Å². The van der Waals surface area contributed by atoms with E-state index in [1.165, 1.54) is 0 Å². The molecule has 1 aromatic heterocycles. The van der Waals surface area contributed by atoms with E-state index in [2.05, 4.69) is 4.98 Å². The van der Waals surface area contributed by atoms with E-state index in [0.29, 0.717) is 58.2 Å². The molecular weight excluding hydrogens is 502 g/mol.